The molecule has 120 valence electrons. The average Bonchev–Trinajstić information content (AvgIpc) is 2.96. The molecular formula is C17H15F3N2O. The molecule has 0 saturated heterocycles. The molecule has 0 unspecified atom stereocenters. The fourth-order valence-electron chi connectivity index (χ4n) is 2.65. The minimum absolute atomic E-state index is 0.0112. The second-order valence-electron chi connectivity index (χ2n) is 5.55. The van der Waals surface area contributed by atoms with Crippen molar-refractivity contribution in [3.05, 3.63) is 65.0 Å². The van der Waals surface area contributed by atoms with E-state index >= 15 is 0 Å². The first-order valence-electron chi connectivity index (χ1n) is 7.30. The van der Waals surface area contributed by atoms with Crippen molar-refractivity contribution in [1.82, 2.24) is 9.88 Å². The van der Waals surface area contributed by atoms with Gasteiger partial charge in [0.15, 0.2) is 0 Å². The second-order valence-corrected chi connectivity index (χ2v) is 5.55. The number of aryl methyl sites for hydroxylation is 1. The van der Waals surface area contributed by atoms with Gasteiger partial charge in [-0.05, 0) is 35.7 Å². The van der Waals surface area contributed by atoms with Gasteiger partial charge in [-0.2, -0.15) is 13.2 Å². The number of hydrogen-bond acceptors (Lipinski definition) is 2. The lowest BCUT2D eigenvalue weighted by Crippen LogP contribution is -2.25. The molecule has 0 bridgehead atoms. The number of alkyl halides is 3. The Labute approximate surface area is 131 Å². The van der Waals surface area contributed by atoms with Gasteiger partial charge in [0.25, 0.3) is 0 Å². The lowest BCUT2D eigenvalue weighted by molar-refractivity contribution is -0.137. The van der Waals surface area contributed by atoms with Crippen molar-refractivity contribution in [3.63, 3.8) is 0 Å². The zero-order valence-corrected chi connectivity index (χ0v) is 12.3. The minimum Gasteiger partial charge on any atom is -0.332 e. The maximum atomic E-state index is 12.5. The number of fused-ring (bicyclic) bond motifs is 1. The van der Waals surface area contributed by atoms with Gasteiger partial charge in [-0.1, -0.05) is 18.2 Å². The van der Waals surface area contributed by atoms with Crippen LogP contribution in [0.25, 0.3) is 0 Å². The fraction of sp³-hybridized carbons (Fsp3) is 0.294. The van der Waals surface area contributed by atoms with Crippen molar-refractivity contribution < 1.29 is 18.0 Å². The predicted molar refractivity (Wildman–Crippen MR) is 78.3 cm³/mol. The van der Waals surface area contributed by atoms with Gasteiger partial charge in [-0.25, -0.2) is 0 Å². The number of pyridine rings is 1. The molecule has 2 aromatic rings. The normalized spacial score (nSPS) is 14.0. The molecule has 0 atom stereocenters. The van der Waals surface area contributed by atoms with E-state index in [2.05, 4.69) is 4.98 Å². The third-order valence-corrected chi connectivity index (χ3v) is 3.95. The van der Waals surface area contributed by atoms with Gasteiger partial charge in [0.1, 0.15) is 0 Å². The van der Waals surface area contributed by atoms with Gasteiger partial charge < -0.3 is 4.90 Å². The maximum Gasteiger partial charge on any atom is 0.416 e. The molecule has 0 aliphatic carbocycles. The first kappa shape index (κ1) is 15.5. The number of aromatic nitrogens is 1. The molecule has 0 saturated carbocycles. The zero-order valence-electron chi connectivity index (χ0n) is 12.3. The van der Waals surface area contributed by atoms with Crippen molar-refractivity contribution in [3.8, 4) is 0 Å². The van der Waals surface area contributed by atoms with Gasteiger partial charge in [0, 0.05) is 19.2 Å². The molecule has 0 radical (unpaired) electrons. The van der Waals surface area contributed by atoms with Crippen LogP contribution in [0.3, 0.4) is 0 Å². The summed E-state index contributed by atoms with van der Waals surface area (Å²) in [6.07, 6.45) is -1.92. The molecule has 1 aliphatic rings. The van der Waals surface area contributed by atoms with Crippen LogP contribution in [0.4, 0.5) is 13.2 Å². The van der Waals surface area contributed by atoms with E-state index in [9.17, 15) is 18.0 Å². The minimum atomic E-state index is -4.33. The number of amides is 1. The Kier molecular flexibility index (Phi) is 4.07. The Morgan fingerprint density at radius 2 is 1.87 bits per heavy atom. The largest absolute Gasteiger partial charge is 0.416 e. The van der Waals surface area contributed by atoms with Crippen molar-refractivity contribution in [2.24, 2.45) is 0 Å². The molecule has 1 aromatic carbocycles. The van der Waals surface area contributed by atoms with Crippen LogP contribution in [0.15, 0.2) is 42.6 Å². The molecule has 3 nitrogen and oxygen atoms in total. The van der Waals surface area contributed by atoms with E-state index in [-0.39, 0.29) is 12.3 Å². The van der Waals surface area contributed by atoms with Crippen LogP contribution in [-0.4, -0.2) is 15.8 Å². The quantitative estimate of drug-likeness (QED) is 0.866. The van der Waals surface area contributed by atoms with E-state index in [1.165, 1.54) is 12.1 Å². The monoisotopic (exact) mass is 320 g/mol. The molecule has 2 heterocycles. The lowest BCUT2D eigenvalue weighted by Gasteiger charge is -2.15. The molecule has 6 heteroatoms. The highest BCUT2D eigenvalue weighted by molar-refractivity contribution is 5.77. The summed E-state index contributed by atoms with van der Waals surface area (Å²) in [5.41, 5.74) is 2.01. The van der Waals surface area contributed by atoms with E-state index in [1.54, 1.807) is 11.1 Å². The molecule has 0 N–H and O–H groups in total. The van der Waals surface area contributed by atoms with Crippen LogP contribution in [0.1, 0.15) is 28.8 Å². The summed E-state index contributed by atoms with van der Waals surface area (Å²) in [6, 6.07) is 8.75. The van der Waals surface area contributed by atoms with Gasteiger partial charge >= 0.3 is 6.18 Å². The molecular weight excluding hydrogens is 305 g/mol. The van der Waals surface area contributed by atoms with E-state index in [4.69, 9.17) is 0 Å². The van der Waals surface area contributed by atoms with E-state index in [0.29, 0.717) is 19.5 Å². The van der Waals surface area contributed by atoms with Gasteiger partial charge in [0.05, 0.1) is 17.8 Å². The highest BCUT2D eigenvalue weighted by Gasteiger charge is 2.30. The predicted octanol–water partition coefficient (Wildman–Crippen LogP) is 3.58. The second kappa shape index (κ2) is 6.02. The first-order chi connectivity index (χ1) is 10.9. The van der Waals surface area contributed by atoms with E-state index in [1.807, 2.05) is 12.1 Å². The average molecular weight is 320 g/mol. The standard InChI is InChI=1S/C17H15F3N2O/c18-17(19,20)14-6-3-12(4-7-14)5-8-16(23)22-10-13-2-1-9-21-15(13)11-22/h1-4,6-7,9H,5,8,10-11H2. The van der Waals surface area contributed by atoms with E-state index in [0.717, 1.165) is 29.0 Å². The number of benzene rings is 1. The van der Waals surface area contributed by atoms with Crippen molar-refractivity contribution in [2.45, 2.75) is 32.1 Å². The molecule has 1 aliphatic heterocycles. The number of halogens is 3. The van der Waals surface area contributed by atoms with E-state index < -0.39 is 11.7 Å². The van der Waals surface area contributed by atoms with Crippen molar-refractivity contribution in [2.75, 3.05) is 0 Å². The molecule has 3 rings (SSSR count). The SMILES string of the molecule is O=C(CCc1ccc(C(F)(F)F)cc1)N1Cc2cccnc2C1. The first-order valence-corrected chi connectivity index (χ1v) is 7.30. The number of hydrogen-bond donors (Lipinski definition) is 0. The molecule has 1 aromatic heterocycles. The Bertz CT molecular complexity index is 686. The maximum absolute atomic E-state index is 12.5. The zero-order chi connectivity index (χ0) is 16.4. The van der Waals surface area contributed by atoms with Crippen molar-refractivity contribution in [1.29, 1.82) is 0 Å². The summed E-state index contributed by atoms with van der Waals surface area (Å²) in [4.78, 5) is 18.2. The van der Waals surface area contributed by atoms with Crippen LogP contribution in [0.2, 0.25) is 0 Å². The Balaban J connectivity index is 1.56. The highest BCUT2D eigenvalue weighted by atomic mass is 19.4. The number of carbonyl (C=O) groups is 1. The fourth-order valence-corrected chi connectivity index (χ4v) is 2.65. The van der Waals surface area contributed by atoms with Crippen molar-refractivity contribution >= 4 is 5.91 Å². The third-order valence-electron chi connectivity index (χ3n) is 3.95. The lowest BCUT2D eigenvalue weighted by atomic mass is 10.1. The Morgan fingerprint density at radius 1 is 1.13 bits per heavy atom. The highest BCUT2D eigenvalue weighted by Crippen LogP contribution is 2.29. The van der Waals surface area contributed by atoms with Crippen LogP contribution in [-0.2, 0) is 30.5 Å². The molecule has 0 spiro atoms. The molecule has 1 amide bonds. The van der Waals surface area contributed by atoms with Gasteiger partial charge in [-0.3, -0.25) is 9.78 Å². The topological polar surface area (TPSA) is 33.2 Å². The summed E-state index contributed by atoms with van der Waals surface area (Å²) in [6.45, 7) is 1.05. The van der Waals surface area contributed by atoms with Gasteiger partial charge in [0.2, 0.25) is 5.91 Å². The number of carbonyl (C=O) groups excluding carboxylic acids is 1. The Morgan fingerprint density at radius 3 is 2.52 bits per heavy atom. The summed E-state index contributed by atoms with van der Waals surface area (Å²) in [5, 5.41) is 0. The molecule has 0 fully saturated rings. The van der Waals surface area contributed by atoms with Gasteiger partial charge in [-0.15, -0.1) is 0 Å². The Hall–Kier alpha value is -2.37. The van der Waals surface area contributed by atoms with Crippen LogP contribution >= 0.6 is 0 Å². The summed E-state index contributed by atoms with van der Waals surface area (Å²) < 4.78 is 37.5. The summed E-state index contributed by atoms with van der Waals surface area (Å²) >= 11 is 0. The smallest absolute Gasteiger partial charge is 0.332 e. The third kappa shape index (κ3) is 3.52. The summed E-state index contributed by atoms with van der Waals surface area (Å²) in [5.74, 6) is -0.0112. The van der Waals surface area contributed by atoms with Crippen LogP contribution < -0.4 is 0 Å². The molecule has 23 heavy (non-hydrogen) atoms. The van der Waals surface area contributed by atoms with Crippen LogP contribution in [0.5, 0.6) is 0 Å². The summed E-state index contributed by atoms with van der Waals surface area (Å²) in [7, 11) is 0. The number of rotatable bonds is 3. The number of nitrogens with zero attached hydrogens (tertiary/aromatic N) is 2. The van der Waals surface area contributed by atoms with Crippen LogP contribution in [0, 0.1) is 0 Å².